The Bertz CT molecular complexity index is 511. The van der Waals surface area contributed by atoms with E-state index in [1.54, 1.807) is 12.4 Å². The van der Waals surface area contributed by atoms with Gasteiger partial charge in [0.05, 0.1) is 0 Å². The van der Waals surface area contributed by atoms with E-state index in [-0.39, 0.29) is 6.04 Å². The zero-order valence-corrected chi connectivity index (χ0v) is 11.9. The van der Waals surface area contributed by atoms with Crippen LogP contribution >= 0.6 is 15.9 Å². The Hall–Kier alpha value is -1.26. The molecule has 0 fully saturated rings. The van der Waals surface area contributed by atoms with Crippen LogP contribution < -0.4 is 5.73 Å². The van der Waals surface area contributed by atoms with E-state index in [0.29, 0.717) is 0 Å². The van der Waals surface area contributed by atoms with Crippen molar-refractivity contribution >= 4 is 15.9 Å². The standard InChI is InChI=1S/C14H16BrN3/c1-2-10-8-17-6-5-13(10)14(16)7-12-4-3-11(15)9-18-12/h3-6,8-9,14H,2,7,16H2,1H3. The molecule has 3 nitrogen and oxygen atoms in total. The number of aryl methyl sites for hydroxylation is 1. The molecule has 0 aliphatic rings. The van der Waals surface area contributed by atoms with E-state index in [1.165, 1.54) is 5.56 Å². The first-order valence-electron chi connectivity index (χ1n) is 5.99. The maximum atomic E-state index is 6.26. The monoisotopic (exact) mass is 305 g/mol. The van der Waals surface area contributed by atoms with Crippen molar-refractivity contribution in [3.63, 3.8) is 0 Å². The normalized spacial score (nSPS) is 12.4. The van der Waals surface area contributed by atoms with Gasteiger partial charge in [-0.1, -0.05) is 6.92 Å². The Morgan fingerprint density at radius 2 is 2.11 bits per heavy atom. The van der Waals surface area contributed by atoms with Crippen molar-refractivity contribution in [3.8, 4) is 0 Å². The van der Waals surface area contributed by atoms with Gasteiger partial charge in [-0.2, -0.15) is 0 Å². The molecule has 0 aromatic carbocycles. The average Bonchev–Trinajstić information content (AvgIpc) is 2.41. The summed E-state index contributed by atoms with van der Waals surface area (Å²) in [6, 6.07) is 5.96. The topological polar surface area (TPSA) is 51.8 Å². The van der Waals surface area contributed by atoms with Gasteiger partial charge in [-0.25, -0.2) is 0 Å². The van der Waals surface area contributed by atoms with Crippen LogP contribution in [0.2, 0.25) is 0 Å². The number of hydrogen-bond acceptors (Lipinski definition) is 3. The Morgan fingerprint density at radius 1 is 1.28 bits per heavy atom. The third-order valence-electron chi connectivity index (χ3n) is 2.94. The molecule has 2 heterocycles. The highest BCUT2D eigenvalue weighted by Gasteiger charge is 2.11. The highest BCUT2D eigenvalue weighted by atomic mass is 79.9. The second-order valence-corrected chi connectivity index (χ2v) is 5.12. The predicted molar refractivity (Wildman–Crippen MR) is 76.2 cm³/mol. The summed E-state index contributed by atoms with van der Waals surface area (Å²) in [5.41, 5.74) is 9.64. The summed E-state index contributed by atoms with van der Waals surface area (Å²) < 4.78 is 0.984. The van der Waals surface area contributed by atoms with E-state index >= 15 is 0 Å². The molecule has 0 aliphatic carbocycles. The SMILES string of the molecule is CCc1cnccc1C(N)Cc1ccc(Br)cn1. The lowest BCUT2D eigenvalue weighted by Gasteiger charge is -2.15. The Morgan fingerprint density at radius 3 is 2.78 bits per heavy atom. The van der Waals surface area contributed by atoms with Crippen molar-refractivity contribution in [2.45, 2.75) is 25.8 Å². The minimum Gasteiger partial charge on any atom is -0.324 e. The van der Waals surface area contributed by atoms with Crippen LogP contribution in [0, 0.1) is 0 Å². The molecule has 94 valence electrons. The molecule has 4 heteroatoms. The highest BCUT2D eigenvalue weighted by molar-refractivity contribution is 9.10. The minimum atomic E-state index is -0.0309. The first-order valence-corrected chi connectivity index (χ1v) is 6.78. The zero-order valence-electron chi connectivity index (χ0n) is 10.3. The molecule has 2 rings (SSSR count). The van der Waals surface area contributed by atoms with Crippen molar-refractivity contribution in [2.24, 2.45) is 5.73 Å². The van der Waals surface area contributed by atoms with Gasteiger partial charge in [0.15, 0.2) is 0 Å². The van der Waals surface area contributed by atoms with Gasteiger partial charge in [-0.3, -0.25) is 9.97 Å². The molecular weight excluding hydrogens is 290 g/mol. The van der Waals surface area contributed by atoms with E-state index in [2.05, 4.69) is 32.8 Å². The van der Waals surface area contributed by atoms with E-state index in [0.717, 1.165) is 28.6 Å². The molecule has 0 saturated heterocycles. The van der Waals surface area contributed by atoms with Crippen LogP contribution in [0.5, 0.6) is 0 Å². The first-order chi connectivity index (χ1) is 8.70. The lowest BCUT2D eigenvalue weighted by Crippen LogP contribution is -2.16. The number of aromatic nitrogens is 2. The fourth-order valence-electron chi connectivity index (χ4n) is 1.96. The van der Waals surface area contributed by atoms with Crippen molar-refractivity contribution < 1.29 is 0 Å². The number of nitrogens with two attached hydrogens (primary N) is 1. The molecule has 0 aliphatic heterocycles. The largest absolute Gasteiger partial charge is 0.324 e. The lowest BCUT2D eigenvalue weighted by atomic mass is 9.98. The Kier molecular flexibility index (Phi) is 4.44. The van der Waals surface area contributed by atoms with Crippen LogP contribution in [0.15, 0.2) is 41.3 Å². The number of pyridine rings is 2. The number of rotatable bonds is 4. The van der Waals surface area contributed by atoms with Crippen LogP contribution in [-0.2, 0) is 12.8 Å². The Balaban J connectivity index is 2.16. The fourth-order valence-corrected chi connectivity index (χ4v) is 2.19. The van der Waals surface area contributed by atoms with Gasteiger partial charge in [0.1, 0.15) is 0 Å². The quantitative estimate of drug-likeness (QED) is 0.944. The highest BCUT2D eigenvalue weighted by Crippen LogP contribution is 2.19. The molecule has 18 heavy (non-hydrogen) atoms. The number of nitrogens with zero attached hydrogens (tertiary/aromatic N) is 2. The van der Waals surface area contributed by atoms with Gasteiger partial charge in [0.2, 0.25) is 0 Å². The van der Waals surface area contributed by atoms with Crippen LogP contribution in [0.4, 0.5) is 0 Å². The van der Waals surface area contributed by atoms with E-state index in [4.69, 9.17) is 5.73 Å². The van der Waals surface area contributed by atoms with E-state index < -0.39 is 0 Å². The third kappa shape index (κ3) is 3.15. The molecule has 0 bridgehead atoms. The third-order valence-corrected chi connectivity index (χ3v) is 3.41. The molecule has 0 spiro atoms. The summed E-state index contributed by atoms with van der Waals surface area (Å²) in [7, 11) is 0. The molecule has 1 unspecified atom stereocenters. The maximum Gasteiger partial charge on any atom is 0.0423 e. The molecule has 2 aromatic heterocycles. The van der Waals surface area contributed by atoms with Gasteiger partial charge in [0, 0.05) is 41.2 Å². The van der Waals surface area contributed by atoms with Crippen molar-refractivity contribution in [1.29, 1.82) is 0 Å². The van der Waals surface area contributed by atoms with Gasteiger partial charge in [-0.05, 0) is 51.7 Å². The summed E-state index contributed by atoms with van der Waals surface area (Å²) in [5, 5.41) is 0. The van der Waals surface area contributed by atoms with Crippen molar-refractivity contribution in [1.82, 2.24) is 9.97 Å². The smallest absolute Gasteiger partial charge is 0.0423 e. The molecule has 0 saturated carbocycles. The van der Waals surface area contributed by atoms with E-state index in [1.807, 2.05) is 24.4 Å². The van der Waals surface area contributed by atoms with Gasteiger partial charge < -0.3 is 5.73 Å². The summed E-state index contributed by atoms with van der Waals surface area (Å²) in [5.74, 6) is 0. The zero-order chi connectivity index (χ0) is 13.0. The van der Waals surface area contributed by atoms with Crippen molar-refractivity contribution in [2.75, 3.05) is 0 Å². The molecule has 2 N–H and O–H groups in total. The molecule has 0 radical (unpaired) electrons. The number of halogens is 1. The van der Waals surface area contributed by atoms with Crippen LogP contribution in [0.25, 0.3) is 0 Å². The van der Waals surface area contributed by atoms with Crippen LogP contribution in [0.1, 0.15) is 29.8 Å². The maximum absolute atomic E-state index is 6.26. The molecule has 2 aromatic rings. The van der Waals surface area contributed by atoms with Crippen LogP contribution in [0.3, 0.4) is 0 Å². The first kappa shape index (κ1) is 13.2. The van der Waals surface area contributed by atoms with Gasteiger partial charge in [-0.15, -0.1) is 0 Å². The Labute approximate surface area is 116 Å². The fraction of sp³-hybridized carbons (Fsp3) is 0.286. The second-order valence-electron chi connectivity index (χ2n) is 4.21. The molecule has 1 atom stereocenters. The minimum absolute atomic E-state index is 0.0309. The summed E-state index contributed by atoms with van der Waals surface area (Å²) in [4.78, 5) is 8.50. The summed E-state index contributed by atoms with van der Waals surface area (Å²) in [6.07, 6.45) is 7.18. The average molecular weight is 306 g/mol. The molecular formula is C14H16BrN3. The van der Waals surface area contributed by atoms with Gasteiger partial charge >= 0.3 is 0 Å². The van der Waals surface area contributed by atoms with E-state index in [9.17, 15) is 0 Å². The lowest BCUT2D eigenvalue weighted by molar-refractivity contribution is 0.695. The van der Waals surface area contributed by atoms with Crippen LogP contribution in [-0.4, -0.2) is 9.97 Å². The predicted octanol–water partition coefficient (Wildman–Crippen LogP) is 3.04. The van der Waals surface area contributed by atoms with Gasteiger partial charge in [0.25, 0.3) is 0 Å². The molecule has 0 amide bonds. The summed E-state index contributed by atoms with van der Waals surface area (Å²) in [6.45, 7) is 2.12. The summed E-state index contributed by atoms with van der Waals surface area (Å²) >= 11 is 3.38. The van der Waals surface area contributed by atoms with Crippen molar-refractivity contribution in [3.05, 3.63) is 58.1 Å². The second kappa shape index (κ2) is 6.07. The number of hydrogen-bond donors (Lipinski definition) is 1.